The van der Waals surface area contributed by atoms with Gasteiger partial charge < -0.3 is 10.6 Å². The van der Waals surface area contributed by atoms with E-state index in [0.29, 0.717) is 5.69 Å². The molecule has 3 aromatic rings. The molecule has 1 unspecified atom stereocenters. The first kappa shape index (κ1) is 15.7. The van der Waals surface area contributed by atoms with Gasteiger partial charge in [-0.05, 0) is 42.0 Å². The van der Waals surface area contributed by atoms with Gasteiger partial charge in [-0.1, -0.05) is 36.4 Å². The third-order valence-electron chi connectivity index (χ3n) is 3.49. The Morgan fingerprint density at radius 1 is 0.917 bits per heavy atom. The van der Waals surface area contributed by atoms with Crippen LogP contribution in [-0.2, 0) is 0 Å². The van der Waals surface area contributed by atoms with Crippen LogP contribution in [0.1, 0.15) is 17.3 Å². The normalized spacial score (nSPS) is 11.5. The zero-order valence-electron chi connectivity index (χ0n) is 12.8. The summed E-state index contributed by atoms with van der Waals surface area (Å²) >= 11 is 0. The number of pyridine rings is 1. The minimum atomic E-state index is -0.388. The number of carbonyl (C=O) groups is 1. The van der Waals surface area contributed by atoms with E-state index in [1.165, 1.54) is 24.3 Å². The van der Waals surface area contributed by atoms with E-state index in [1.807, 2.05) is 48.5 Å². The SMILES string of the molecule is O=C(Nc1ccc(F)cc1)NC(c1ccccc1)c1ccccn1. The second-order valence-electron chi connectivity index (χ2n) is 5.20. The number of hydrogen-bond donors (Lipinski definition) is 2. The molecular weight excluding hydrogens is 305 g/mol. The maximum absolute atomic E-state index is 12.9. The molecule has 0 fully saturated rings. The molecular formula is C19H16FN3O. The predicted octanol–water partition coefficient (Wildman–Crippen LogP) is 4.13. The number of aromatic nitrogens is 1. The van der Waals surface area contributed by atoms with Crippen molar-refractivity contribution < 1.29 is 9.18 Å². The highest BCUT2D eigenvalue weighted by molar-refractivity contribution is 5.89. The number of carbonyl (C=O) groups excluding carboxylic acids is 1. The number of urea groups is 1. The zero-order valence-corrected chi connectivity index (χ0v) is 12.8. The van der Waals surface area contributed by atoms with Gasteiger partial charge in [-0.2, -0.15) is 0 Å². The molecule has 1 heterocycles. The average molecular weight is 321 g/mol. The van der Waals surface area contributed by atoms with Gasteiger partial charge in [-0.25, -0.2) is 9.18 Å². The zero-order chi connectivity index (χ0) is 16.8. The Kier molecular flexibility index (Phi) is 4.81. The van der Waals surface area contributed by atoms with Crippen molar-refractivity contribution in [2.24, 2.45) is 0 Å². The van der Waals surface area contributed by atoms with E-state index in [2.05, 4.69) is 15.6 Å². The number of benzene rings is 2. The second-order valence-corrected chi connectivity index (χ2v) is 5.20. The van der Waals surface area contributed by atoms with Gasteiger partial charge in [0, 0.05) is 11.9 Å². The van der Waals surface area contributed by atoms with Crippen molar-refractivity contribution in [3.8, 4) is 0 Å². The first-order valence-corrected chi connectivity index (χ1v) is 7.51. The van der Waals surface area contributed by atoms with E-state index in [0.717, 1.165) is 11.3 Å². The molecule has 1 atom stereocenters. The van der Waals surface area contributed by atoms with Crippen molar-refractivity contribution in [3.05, 3.63) is 96.1 Å². The third kappa shape index (κ3) is 3.95. The molecule has 0 bridgehead atoms. The molecule has 2 aromatic carbocycles. The van der Waals surface area contributed by atoms with Gasteiger partial charge in [0.1, 0.15) is 5.82 Å². The van der Waals surface area contributed by atoms with E-state index in [9.17, 15) is 9.18 Å². The number of nitrogens with one attached hydrogen (secondary N) is 2. The highest BCUT2D eigenvalue weighted by atomic mass is 19.1. The second kappa shape index (κ2) is 7.37. The number of rotatable bonds is 4. The van der Waals surface area contributed by atoms with Crippen LogP contribution < -0.4 is 10.6 Å². The van der Waals surface area contributed by atoms with Crippen molar-refractivity contribution in [2.75, 3.05) is 5.32 Å². The van der Waals surface area contributed by atoms with Crippen LogP contribution in [-0.4, -0.2) is 11.0 Å². The van der Waals surface area contributed by atoms with Gasteiger partial charge in [0.25, 0.3) is 0 Å². The lowest BCUT2D eigenvalue weighted by Gasteiger charge is -2.19. The Morgan fingerprint density at radius 2 is 1.62 bits per heavy atom. The predicted molar refractivity (Wildman–Crippen MR) is 91.1 cm³/mol. The van der Waals surface area contributed by atoms with Crippen molar-refractivity contribution in [3.63, 3.8) is 0 Å². The fourth-order valence-electron chi connectivity index (χ4n) is 2.35. The molecule has 0 aliphatic carbocycles. The minimum Gasteiger partial charge on any atom is -0.325 e. The number of halogens is 1. The van der Waals surface area contributed by atoms with Gasteiger partial charge in [0.15, 0.2) is 0 Å². The number of hydrogen-bond acceptors (Lipinski definition) is 2. The largest absolute Gasteiger partial charge is 0.325 e. The number of nitrogens with zero attached hydrogens (tertiary/aromatic N) is 1. The molecule has 4 nitrogen and oxygen atoms in total. The van der Waals surface area contributed by atoms with Gasteiger partial charge in [0.2, 0.25) is 0 Å². The monoisotopic (exact) mass is 321 g/mol. The number of anilines is 1. The summed E-state index contributed by atoms with van der Waals surface area (Å²) in [5, 5.41) is 5.60. The molecule has 3 rings (SSSR count). The summed E-state index contributed by atoms with van der Waals surface area (Å²) in [6, 6.07) is 20.0. The molecule has 24 heavy (non-hydrogen) atoms. The Bertz CT molecular complexity index is 752. The van der Waals surface area contributed by atoms with Crippen LogP contribution in [0.3, 0.4) is 0 Å². The number of amides is 2. The van der Waals surface area contributed by atoms with Gasteiger partial charge in [-0.3, -0.25) is 4.98 Å². The van der Waals surface area contributed by atoms with Crippen LogP contribution in [0.5, 0.6) is 0 Å². The van der Waals surface area contributed by atoms with Crippen molar-refractivity contribution in [1.82, 2.24) is 10.3 Å². The average Bonchev–Trinajstić information content (AvgIpc) is 2.63. The minimum absolute atomic E-state index is 0.350. The maximum atomic E-state index is 12.9. The van der Waals surface area contributed by atoms with Crippen LogP contribution in [0.25, 0.3) is 0 Å². The van der Waals surface area contributed by atoms with Crippen molar-refractivity contribution >= 4 is 11.7 Å². The molecule has 0 saturated carbocycles. The Morgan fingerprint density at radius 3 is 2.29 bits per heavy atom. The standard InChI is InChI=1S/C19H16FN3O/c20-15-9-11-16(12-10-15)22-19(24)23-18(14-6-2-1-3-7-14)17-8-4-5-13-21-17/h1-13,18H,(H2,22,23,24). The lowest BCUT2D eigenvalue weighted by atomic mass is 10.0. The highest BCUT2D eigenvalue weighted by Gasteiger charge is 2.17. The van der Waals surface area contributed by atoms with Crippen LogP contribution >= 0.6 is 0 Å². The summed E-state index contributed by atoms with van der Waals surface area (Å²) in [6.07, 6.45) is 1.69. The van der Waals surface area contributed by atoms with Crippen molar-refractivity contribution in [1.29, 1.82) is 0 Å². The third-order valence-corrected chi connectivity index (χ3v) is 3.49. The van der Waals surface area contributed by atoms with Crippen LogP contribution in [0.15, 0.2) is 79.0 Å². The fraction of sp³-hybridized carbons (Fsp3) is 0.0526. The molecule has 0 radical (unpaired) electrons. The molecule has 0 saturated heterocycles. The van der Waals surface area contributed by atoms with Crippen LogP contribution in [0.4, 0.5) is 14.9 Å². The van der Waals surface area contributed by atoms with E-state index in [1.54, 1.807) is 6.20 Å². The summed E-state index contributed by atoms with van der Waals surface area (Å²) in [6.45, 7) is 0. The van der Waals surface area contributed by atoms with Crippen molar-refractivity contribution in [2.45, 2.75) is 6.04 Å². The van der Waals surface area contributed by atoms with Crippen LogP contribution in [0, 0.1) is 5.82 Å². The lowest BCUT2D eigenvalue weighted by Crippen LogP contribution is -2.33. The fourth-order valence-corrected chi connectivity index (χ4v) is 2.35. The summed E-state index contributed by atoms with van der Waals surface area (Å²) in [5.41, 5.74) is 2.17. The molecule has 1 aromatic heterocycles. The Labute approximate surface area is 139 Å². The first-order valence-electron chi connectivity index (χ1n) is 7.51. The Hall–Kier alpha value is -3.21. The summed E-state index contributed by atoms with van der Waals surface area (Å²) < 4.78 is 12.9. The molecule has 0 aliphatic heterocycles. The quantitative estimate of drug-likeness (QED) is 0.759. The summed E-state index contributed by atoms with van der Waals surface area (Å²) in [5.74, 6) is -0.350. The van der Waals surface area contributed by atoms with E-state index < -0.39 is 0 Å². The lowest BCUT2D eigenvalue weighted by molar-refractivity contribution is 0.250. The molecule has 0 aliphatic rings. The van der Waals surface area contributed by atoms with Crippen LogP contribution in [0.2, 0.25) is 0 Å². The highest BCUT2D eigenvalue weighted by Crippen LogP contribution is 2.20. The topological polar surface area (TPSA) is 54.0 Å². The molecule has 120 valence electrons. The van der Waals surface area contributed by atoms with E-state index >= 15 is 0 Å². The van der Waals surface area contributed by atoms with E-state index in [4.69, 9.17) is 0 Å². The van der Waals surface area contributed by atoms with Gasteiger partial charge >= 0.3 is 6.03 Å². The Balaban J connectivity index is 1.79. The molecule has 2 amide bonds. The van der Waals surface area contributed by atoms with Gasteiger partial charge in [0.05, 0.1) is 11.7 Å². The first-order chi connectivity index (χ1) is 11.7. The maximum Gasteiger partial charge on any atom is 0.320 e. The molecule has 2 N–H and O–H groups in total. The summed E-state index contributed by atoms with van der Waals surface area (Å²) in [7, 11) is 0. The summed E-state index contributed by atoms with van der Waals surface area (Å²) in [4.78, 5) is 16.6. The van der Waals surface area contributed by atoms with E-state index in [-0.39, 0.29) is 17.9 Å². The smallest absolute Gasteiger partial charge is 0.320 e. The van der Waals surface area contributed by atoms with Gasteiger partial charge in [-0.15, -0.1) is 0 Å². The molecule has 5 heteroatoms. The molecule has 0 spiro atoms.